The van der Waals surface area contributed by atoms with Gasteiger partial charge in [-0.1, -0.05) is 0 Å². The molecule has 1 N–H and O–H groups in total. The Morgan fingerprint density at radius 2 is 2.22 bits per heavy atom. The maximum atomic E-state index is 11.8. The second-order valence-corrected chi connectivity index (χ2v) is 5.45. The largest absolute Gasteiger partial charge is 0.352 e. The zero-order chi connectivity index (χ0) is 13.7. The van der Waals surface area contributed by atoms with Crippen molar-refractivity contribution in [3.63, 3.8) is 0 Å². The van der Waals surface area contributed by atoms with Crippen LogP contribution in [0.3, 0.4) is 0 Å². The molecule has 0 fully saturated rings. The first-order valence-corrected chi connectivity index (χ1v) is 6.89. The van der Waals surface area contributed by atoms with Gasteiger partial charge in [-0.05, 0) is 55.3 Å². The molecule has 18 heavy (non-hydrogen) atoms. The summed E-state index contributed by atoms with van der Waals surface area (Å²) in [5.74, 6) is 0.885. The van der Waals surface area contributed by atoms with Gasteiger partial charge in [0.25, 0.3) is 0 Å². The number of hydrogen-bond donors (Lipinski definition) is 1. The summed E-state index contributed by atoms with van der Waals surface area (Å²) in [4.78, 5) is 18.1. The van der Waals surface area contributed by atoms with Crippen LogP contribution in [0.15, 0.2) is 16.7 Å². The average Bonchev–Trinajstić information content (AvgIpc) is 2.25. The summed E-state index contributed by atoms with van der Waals surface area (Å²) in [6.45, 7) is 9.02. The Balaban J connectivity index is 2.80. The molecule has 1 amide bonds. The minimum absolute atomic E-state index is 0.0240. The van der Waals surface area contributed by atoms with Crippen LogP contribution in [0, 0.1) is 6.92 Å². The van der Waals surface area contributed by atoms with Gasteiger partial charge in [-0.25, -0.2) is 4.98 Å². The Hall–Kier alpha value is -1.10. The number of amides is 1. The highest BCUT2D eigenvalue weighted by Gasteiger charge is 2.13. The smallest absolute Gasteiger partial charge is 0.239 e. The number of carbonyl (C=O) groups is 1. The number of nitrogens with one attached hydrogen (secondary N) is 1. The molecule has 1 aromatic rings. The van der Waals surface area contributed by atoms with Gasteiger partial charge in [0.2, 0.25) is 5.91 Å². The second-order valence-electron chi connectivity index (χ2n) is 4.53. The molecule has 5 heteroatoms. The van der Waals surface area contributed by atoms with E-state index in [1.165, 1.54) is 0 Å². The molecular formula is C13H20BrN3O. The Labute approximate surface area is 117 Å². The first-order chi connectivity index (χ1) is 8.43. The average molecular weight is 314 g/mol. The lowest BCUT2D eigenvalue weighted by molar-refractivity contribution is -0.120. The Morgan fingerprint density at radius 3 is 2.72 bits per heavy atom. The van der Waals surface area contributed by atoms with E-state index in [1.807, 2.05) is 38.7 Å². The molecule has 1 rings (SSSR count). The summed E-state index contributed by atoms with van der Waals surface area (Å²) in [5.41, 5.74) is 1.06. The molecule has 0 spiro atoms. The van der Waals surface area contributed by atoms with Gasteiger partial charge in [0, 0.05) is 23.3 Å². The topological polar surface area (TPSA) is 45.2 Å². The lowest BCUT2D eigenvalue weighted by atomic mass is 10.2. The molecule has 1 heterocycles. The maximum absolute atomic E-state index is 11.8. The molecule has 1 aromatic heterocycles. The highest BCUT2D eigenvalue weighted by Crippen LogP contribution is 2.20. The molecule has 0 radical (unpaired) electrons. The van der Waals surface area contributed by atoms with Crippen LogP contribution in [0.5, 0.6) is 0 Å². The predicted molar refractivity (Wildman–Crippen MR) is 77.8 cm³/mol. The normalized spacial score (nSPS) is 10.6. The minimum Gasteiger partial charge on any atom is -0.352 e. The van der Waals surface area contributed by atoms with Crippen LogP contribution < -0.4 is 10.2 Å². The summed E-state index contributed by atoms with van der Waals surface area (Å²) in [6, 6.07) is 2.17. The van der Waals surface area contributed by atoms with Crippen molar-refractivity contribution in [2.75, 3.05) is 18.0 Å². The summed E-state index contributed by atoms with van der Waals surface area (Å²) in [5, 5.41) is 2.89. The predicted octanol–water partition coefficient (Wildman–Crippen LogP) is 2.50. The molecule has 0 saturated heterocycles. The SMILES string of the molecule is CCN(CC(=O)NC(C)C)c1ncc(Br)cc1C. The van der Waals surface area contributed by atoms with E-state index in [4.69, 9.17) is 0 Å². The summed E-state index contributed by atoms with van der Waals surface area (Å²) in [6.07, 6.45) is 1.76. The fraction of sp³-hybridized carbons (Fsp3) is 0.538. The standard InChI is InChI=1S/C13H20BrN3O/c1-5-17(8-12(18)16-9(2)3)13-10(4)6-11(14)7-15-13/h6-7,9H,5,8H2,1-4H3,(H,16,18). The van der Waals surface area contributed by atoms with Gasteiger partial charge < -0.3 is 10.2 Å². The van der Waals surface area contributed by atoms with Crippen molar-refractivity contribution in [2.45, 2.75) is 33.7 Å². The van der Waals surface area contributed by atoms with Crippen LogP contribution in [0.2, 0.25) is 0 Å². The van der Waals surface area contributed by atoms with Gasteiger partial charge >= 0.3 is 0 Å². The third-order valence-electron chi connectivity index (χ3n) is 2.48. The minimum atomic E-state index is 0.0240. The summed E-state index contributed by atoms with van der Waals surface area (Å²) >= 11 is 3.39. The number of likely N-dealkylation sites (N-methyl/N-ethyl adjacent to an activating group) is 1. The number of halogens is 1. The number of rotatable bonds is 5. The van der Waals surface area contributed by atoms with Gasteiger partial charge in [-0.2, -0.15) is 0 Å². The molecule has 0 saturated carbocycles. The molecule has 0 bridgehead atoms. The fourth-order valence-electron chi connectivity index (χ4n) is 1.74. The Bertz CT molecular complexity index is 421. The molecule has 0 aliphatic carbocycles. The van der Waals surface area contributed by atoms with Crippen molar-refractivity contribution >= 4 is 27.7 Å². The number of nitrogens with zero attached hydrogens (tertiary/aromatic N) is 2. The van der Waals surface area contributed by atoms with Gasteiger partial charge in [-0.3, -0.25) is 4.79 Å². The molecular weight excluding hydrogens is 294 g/mol. The Morgan fingerprint density at radius 1 is 1.56 bits per heavy atom. The number of pyridine rings is 1. The first-order valence-electron chi connectivity index (χ1n) is 6.10. The summed E-state index contributed by atoms with van der Waals surface area (Å²) < 4.78 is 0.950. The number of anilines is 1. The van der Waals surface area contributed by atoms with Gasteiger partial charge in [0.15, 0.2) is 0 Å². The highest BCUT2D eigenvalue weighted by atomic mass is 79.9. The van der Waals surface area contributed by atoms with Crippen LogP contribution >= 0.6 is 15.9 Å². The van der Waals surface area contributed by atoms with Crippen molar-refractivity contribution in [1.82, 2.24) is 10.3 Å². The lowest BCUT2D eigenvalue weighted by Crippen LogP contribution is -2.40. The van der Waals surface area contributed by atoms with Gasteiger partial charge in [0.1, 0.15) is 5.82 Å². The number of hydrogen-bond acceptors (Lipinski definition) is 3. The van der Waals surface area contributed by atoms with Crippen molar-refractivity contribution in [1.29, 1.82) is 0 Å². The number of carbonyl (C=O) groups excluding carboxylic acids is 1. The zero-order valence-electron chi connectivity index (χ0n) is 11.3. The number of aromatic nitrogens is 1. The van der Waals surface area contributed by atoms with Crippen LogP contribution in [-0.4, -0.2) is 30.0 Å². The number of aryl methyl sites for hydroxylation is 1. The van der Waals surface area contributed by atoms with Crippen LogP contribution in [0.4, 0.5) is 5.82 Å². The quantitative estimate of drug-likeness (QED) is 0.908. The van der Waals surface area contributed by atoms with E-state index in [2.05, 4.69) is 26.2 Å². The van der Waals surface area contributed by atoms with Crippen molar-refractivity contribution in [3.8, 4) is 0 Å². The maximum Gasteiger partial charge on any atom is 0.239 e. The zero-order valence-corrected chi connectivity index (χ0v) is 12.9. The Kier molecular flexibility index (Phi) is 5.59. The van der Waals surface area contributed by atoms with E-state index in [1.54, 1.807) is 6.20 Å². The van der Waals surface area contributed by atoms with E-state index in [0.29, 0.717) is 6.54 Å². The first kappa shape index (κ1) is 15.0. The third kappa shape index (κ3) is 4.29. The molecule has 0 aliphatic rings. The van der Waals surface area contributed by atoms with Crippen LogP contribution in [-0.2, 0) is 4.79 Å². The van der Waals surface area contributed by atoms with Crippen molar-refractivity contribution in [3.05, 3.63) is 22.3 Å². The molecule has 0 aromatic carbocycles. The lowest BCUT2D eigenvalue weighted by Gasteiger charge is -2.23. The van der Waals surface area contributed by atoms with E-state index < -0.39 is 0 Å². The molecule has 100 valence electrons. The van der Waals surface area contributed by atoms with Crippen LogP contribution in [0.25, 0.3) is 0 Å². The second kappa shape index (κ2) is 6.73. The molecule has 0 aliphatic heterocycles. The van der Waals surface area contributed by atoms with Gasteiger partial charge in [0.05, 0.1) is 6.54 Å². The van der Waals surface area contributed by atoms with E-state index >= 15 is 0 Å². The monoisotopic (exact) mass is 313 g/mol. The van der Waals surface area contributed by atoms with E-state index in [9.17, 15) is 4.79 Å². The molecule has 0 unspecified atom stereocenters. The van der Waals surface area contributed by atoms with E-state index in [0.717, 1.165) is 22.4 Å². The van der Waals surface area contributed by atoms with Crippen LogP contribution in [0.1, 0.15) is 26.3 Å². The van der Waals surface area contributed by atoms with E-state index in [-0.39, 0.29) is 11.9 Å². The third-order valence-corrected chi connectivity index (χ3v) is 2.92. The molecule has 4 nitrogen and oxygen atoms in total. The van der Waals surface area contributed by atoms with Gasteiger partial charge in [-0.15, -0.1) is 0 Å². The fourth-order valence-corrected chi connectivity index (χ4v) is 2.19. The molecule has 0 atom stereocenters. The highest BCUT2D eigenvalue weighted by molar-refractivity contribution is 9.10. The van der Waals surface area contributed by atoms with Crippen molar-refractivity contribution in [2.24, 2.45) is 0 Å². The summed E-state index contributed by atoms with van der Waals surface area (Å²) in [7, 11) is 0. The van der Waals surface area contributed by atoms with Crippen molar-refractivity contribution < 1.29 is 4.79 Å².